The highest BCUT2D eigenvalue weighted by Gasteiger charge is 2.19. The second kappa shape index (κ2) is 5.01. The highest BCUT2D eigenvalue weighted by molar-refractivity contribution is 5.40. The van der Waals surface area contributed by atoms with E-state index < -0.39 is 11.0 Å². The van der Waals surface area contributed by atoms with Crippen molar-refractivity contribution in [2.24, 2.45) is 0 Å². The van der Waals surface area contributed by atoms with Gasteiger partial charge in [0.05, 0.1) is 11.2 Å². The van der Waals surface area contributed by atoms with Crippen LogP contribution in [0.2, 0.25) is 0 Å². The molecule has 2 aromatic rings. The molecule has 0 amide bonds. The molecule has 0 spiro atoms. The lowest BCUT2D eigenvalue weighted by atomic mass is 10.0. The van der Waals surface area contributed by atoms with Crippen LogP contribution in [0.3, 0.4) is 0 Å². The lowest BCUT2D eigenvalue weighted by Gasteiger charge is -2.09. The molecule has 0 saturated heterocycles. The number of aliphatic hydroxyl groups is 1. The number of hydrogen-bond donors (Lipinski definition) is 1. The molecule has 0 fully saturated rings. The summed E-state index contributed by atoms with van der Waals surface area (Å²) in [7, 11) is 0. The zero-order valence-corrected chi connectivity index (χ0v) is 9.87. The van der Waals surface area contributed by atoms with Crippen LogP contribution >= 0.6 is 0 Å². The van der Waals surface area contributed by atoms with Gasteiger partial charge in [0.1, 0.15) is 11.9 Å². The van der Waals surface area contributed by atoms with Crippen molar-refractivity contribution in [2.75, 3.05) is 0 Å². The fourth-order valence-corrected chi connectivity index (χ4v) is 1.89. The molecule has 0 aliphatic heterocycles. The Morgan fingerprint density at radius 3 is 2.72 bits per heavy atom. The summed E-state index contributed by atoms with van der Waals surface area (Å²) < 4.78 is 5.18. The first-order valence-electron chi connectivity index (χ1n) is 5.54. The van der Waals surface area contributed by atoms with Crippen LogP contribution in [-0.4, -0.2) is 10.0 Å². The lowest BCUT2D eigenvalue weighted by Crippen LogP contribution is -2.04. The standard InChI is InChI=1S/C13H13NO4/c1-9-6-7-18-13(9)12(15)8-10-4-2-3-5-11(10)14(16)17/h2-7,12,15H,8H2,1H3. The van der Waals surface area contributed by atoms with Crippen molar-refractivity contribution in [3.63, 3.8) is 0 Å². The smallest absolute Gasteiger partial charge is 0.272 e. The molecule has 0 bridgehead atoms. The number of nitrogens with zero attached hydrogens (tertiary/aromatic N) is 1. The Labute approximate surface area is 104 Å². The van der Waals surface area contributed by atoms with E-state index in [9.17, 15) is 15.2 Å². The van der Waals surface area contributed by atoms with Crippen LogP contribution in [0.5, 0.6) is 0 Å². The van der Waals surface area contributed by atoms with Gasteiger partial charge in [-0.25, -0.2) is 0 Å². The van der Waals surface area contributed by atoms with E-state index in [1.807, 2.05) is 6.92 Å². The zero-order valence-electron chi connectivity index (χ0n) is 9.87. The van der Waals surface area contributed by atoms with Gasteiger partial charge in [0.15, 0.2) is 0 Å². The fourth-order valence-electron chi connectivity index (χ4n) is 1.89. The molecule has 1 N–H and O–H groups in total. The quantitative estimate of drug-likeness (QED) is 0.665. The molecule has 5 nitrogen and oxygen atoms in total. The first-order chi connectivity index (χ1) is 8.59. The van der Waals surface area contributed by atoms with Crippen molar-refractivity contribution in [3.8, 4) is 0 Å². The van der Waals surface area contributed by atoms with Crippen molar-refractivity contribution in [3.05, 3.63) is 63.6 Å². The highest BCUT2D eigenvalue weighted by Crippen LogP contribution is 2.26. The van der Waals surface area contributed by atoms with Crippen LogP contribution in [0, 0.1) is 17.0 Å². The lowest BCUT2D eigenvalue weighted by molar-refractivity contribution is -0.385. The van der Waals surface area contributed by atoms with Gasteiger partial charge in [0.25, 0.3) is 5.69 Å². The molecule has 18 heavy (non-hydrogen) atoms. The van der Waals surface area contributed by atoms with Crippen LogP contribution in [0.25, 0.3) is 0 Å². The second-order valence-corrected chi connectivity index (χ2v) is 4.07. The Kier molecular flexibility index (Phi) is 3.43. The van der Waals surface area contributed by atoms with Gasteiger partial charge in [0, 0.05) is 18.1 Å². The molecule has 5 heteroatoms. The van der Waals surface area contributed by atoms with Crippen molar-refractivity contribution in [1.29, 1.82) is 0 Å². The zero-order chi connectivity index (χ0) is 13.1. The van der Waals surface area contributed by atoms with Gasteiger partial charge in [-0.15, -0.1) is 0 Å². The monoisotopic (exact) mass is 247 g/mol. The Bertz CT molecular complexity index is 562. The molecule has 2 rings (SSSR count). The van der Waals surface area contributed by atoms with Gasteiger partial charge in [0.2, 0.25) is 0 Å². The minimum atomic E-state index is -0.874. The summed E-state index contributed by atoms with van der Waals surface area (Å²) in [5, 5.41) is 20.9. The number of para-hydroxylation sites is 1. The summed E-state index contributed by atoms with van der Waals surface area (Å²) >= 11 is 0. The summed E-state index contributed by atoms with van der Waals surface area (Å²) in [5.41, 5.74) is 1.34. The Morgan fingerprint density at radius 2 is 2.11 bits per heavy atom. The van der Waals surface area contributed by atoms with Crippen molar-refractivity contribution in [1.82, 2.24) is 0 Å². The first-order valence-corrected chi connectivity index (χ1v) is 5.54. The molecule has 1 aromatic carbocycles. The number of nitro groups is 1. The van der Waals surface area contributed by atoms with E-state index in [-0.39, 0.29) is 12.1 Å². The maximum absolute atomic E-state index is 10.9. The van der Waals surface area contributed by atoms with Crippen molar-refractivity contribution in [2.45, 2.75) is 19.4 Å². The molecular weight excluding hydrogens is 234 g/mol. The molecular formula is C13H13NO4. The number of aliphatic hydroxyl groups excluding tert-OH is 1. The summed E-state index contributed by atoms with van der Waals surface area (Å²) in [5.74, 6) is 0.452. The molecule has 0 radical (unpaired) electrons. The molecule has 1 heterocycles. The van der Waals surface area contributed by atoms with Gasteiger partial charge >= 0.3 is 0 Å². The number of furan rings is 1. The topological polar surface area (TPSA) is 76.5 Å². The maximum atomic E-state index is 10.9. The normalized spacial score (nSPS) is 12.3. The summed E-state index contributed by atoms with van der Waals surface area (Å²) in [6, 6.07) is 8.13. The number of rotatable bonds is 4. The van der Waals surface area contributed by atoms with Crippen LogP contribution in [-0.2, 0) is 6.42 Å². The Hall–Kier alpha value is -2.14. The van der Waals surface area contributed by atoms with E-state index >= 15 is 0 Å². The third-order valence-electron chi connectivity index (χ3n) is 2.81. The molecule has 0 aliphatic rings. The number of aryl methyl sites for hydroxylation is 1. The number of nitro benzene ring substituents is 1. The first kappa shape index (κ1) is 12.3. The van der Waals surface area contributed by atoms with E-state index in [4.69, 9.17) is 4.42 Å². The largest absolute Gasteiger partial charge is 0.466 e. The average molecular weight is 247 g/mol. The van der Waals surface area contributed by atoms with Crippen LogP contribution in [0.15, 0.2) is 41.0 Å². The average Bonchev–Trinajstić information content (AvgIpc) is 2.76. The Balaban J connectivity index is 2.25. The molecule has 1 unspecified atom stereocenters. The van der Waals surface area contributed by atoms with E-state index in [0.29, 0.717) is 11.3 Å². The van der Waals surface area contributed by atoms with Crippen LogP contribution in [0.4, 0.5) is 5.69 Å². The van der Waals surface area contributed by atoms with Gasteiger partial charge in [-0.05, 0) is 18.6 Å². The van der Waals surface area contributed by atoms with Crippen LogP contribution < -0.4 is 0 Å². The van der Waals surface area contributed by atoms with Crippen molar-refractivity contribution < 1.29 is 14.4 Å². The summed E-state index contributed by atoms with van der Waals surface area (Å²) in [6.45, 7) is 1.82. The summed E-state index contributed by atoms with van der Waals surface area (Å²) in [4.78, 5) is 10.4. The third kappa shape index (κ3) is 2.41. The van der Waals surface area contributed by atoms with Gasteiger partial charge in [-0.1, -0.05) is 18.2 Å². The van der Waals surface area contributed by atoms with Crippen LogP contribution in [0.1, 0.15) is 23.0 Å². The predicted molar refractivity (Wildman–Crippen MR) is 65.2 cm³/mol. The SMILES string of the molecule is Cc1ccoc1C(O)Cc1ccccc1[N+](=O)[O-]. The van der Waals surface area contributed by atoms with Gasteiger partial charge < -0.3 is 9.52 Å². The maximum Gasteiger partial charge on any atom is 0.272 e. The van der Waals surface area contributed by atoms with Crippen molar-refractivity contribution >= 4 is 5.69 Å². The fraction of sp³-hybridized carbons (Fsp3) is 0.231. The van der Waals surface area contributed by atoms with Gasteiger partial charge in [-0.3, -0.25) is 10.1 Å². The molecule has 1 atom stereocenters. The molecule has 0 saturated carbocycles. The highest BCUT2D eigenvalue weighted by atomic mass is 16.6. The Morgan fingerprint density at radius 1 is 1.39 bits per heavy atom. The minimum Gasteiger partial charge on any atom is -0.466 e. The molecule has 0 aliphatic carbocycles. The predicted octanol–water partition coefficient (Wildman–Crippen LogP) is 2.77. The van der Waals surface area contributed by atoms with E-state index in [1.165, 1.54) is 12.3 Å². The number of hydrogen-bond acceptors (Lipinski definition) is 4. The third-order valence-corrected chi connectivity index (χ3v) is 2.81. The molecule has 94 valence electrons. The minimum absolute atomic E-state index is 0.0146. The van der Waals surface area contributed by atoms with Gasteiger partial charge in [-0.2, -0.15) is 0 Å². The van der Waals surface area contributed by atoms with E-state index in [1.54, 1.807) is 24.3 Å². The van der Waals surface area contributed by atoms with E-state index in [2.05, 4.69) is 0 Å². The second-order valence-electron chi connectivity index (χ2n) is 4.07. The van der Waals surface area contributed by atoms with E-state index in [0.717, 1.165) is 5.56 Å². The number of benzene rings is 1. The summed E-state index contributed by atoms with van der Waals surface area (Å²) in [6.07, 6.45) is 0.778. The molecule has 1 aromatic heterocycles.